The van der Waals surface area contributed by atoms with Crippen LogP contribution in [0.15, 0.2) is 78.9 Å². The van der Waals surface area contributed by atoms with E-state index in [1.54, 1.807) is 0 Å². The van der Waals surface area contributed by atoms with E-state index in [0.717, 1.165) is 17.2 Å². The second-order valence-electron chi connectivity index (χ2n) is 6.09. The first kappa shape index (κ1) is 19.4. The second-order valence-corrected chi connectivity index (χ2v) is 6.33. The highest BCUT2D eigenvalue weighted by Crippen LogP contribution is 2.42. The van der Waals surface area contributed by atoms with Crippen molar-refractivity contribution in [1.29, 1.82) is 0 Å². The molecule has 0 spiro atoms. The molecule has 0 aliphatic carbocycles. The second kappa shape index (κ2) is 8.55. The molecule has 3 aromatic rings. The number of hydrogen-bond acceptors (Lipinski definition) is 5. The summed E-state index contributed by atoms with van der Waals surface area (Å²) in [5, 5.41) is 22.7. The van der Waals surface area contributed by atoms with Gasteiger partial charge in [0.25, 0.3) is 11.4 Å². The zero-order valence-corrected chi connectivity index (χ0v) is 15.6. The van der Waals surface area contributed by atoms with Crippen LogP contribution in [0.2, 0.25) is 0 Å². The first-order valence-electron chi connectivity index (χ1n) is 8.38. The Balaban J connectivity index is 2.19. The third kappa shape index (κ3) is 3.97. The summed E-state index contributed by atoms with van der Waals surface area (Å²) in [4.78, 5) is 21.4. The van der Waals surface area contributed by atoms with Crippen molar-refractivity contribution in [3.05, 3.63) is 116 Å². The van der Waals surface area contributed by atoms with Crippen molar-refractivity contribution in [1.82, 2.24) is 0 Å². The van der Waals surface area contributed by atoms with Crippen molar-refractivity contribution in [2.45, 2.75) is 12.0 Å². The lowest BCUT2D eigenvalue weighted by atomic mass is 9.83. The molecule has 0 saturated heterocycles. The van der Waals surface area contributed by atoms with Gasteiger partial charge in [0.15, 0.2) is 0 Å². The zero-order valence-electron chi connectivity index (χ0n) is 14.6. The molecule has 0 aliphatic heterocycles. The summed E-state index contributed by atoms with van der Waals surface area (Å²) in [7, 11) is 3.08. The minimum atomic E-state index is -0.789. The Labute approximate surface area is 164 Å². The zero-order chi connectivity index (χ0) is 20.1. The summed E-state index contributed by atoms with van der Waals surface area (Å²) in [5.74, 6) is -0.375. The largest absolute Gasteiger partial charge is 0.411 e. The molecule has 139 valence electrons. The van der Waals surface area contributed by atoms with Crippen LogP contribution in [0, 0.1) is 20.2 Å². The van der Waals surface area contributed by atoms with Crippen LogP contribution >= 0.6 is 0 Å². The molecule has 0 fully saturated rings. The first-order chi connectivity index (χ1) is 13.5. The maximum Gasteiger partial charge on any atom is 0.282 e. The Hall–Kier alpha value is -3.36. The molecule has 28 heavy (non-hydrogen) atoms. The molecule has 3 aromatic carbocycles. The molecule has 0 amide bonds. The number of benzene rings is 3. The summed E-state index contributed by atoms with van der Waals surface area (Å²) in [6, 6.07) is 22.5. The quantitative estimate of drug-likeness (QED) is 0.336. The Bertz CT molecular complexity index is 943. The summed E-state index contributed by atoms with van der Waals surface area (Å²) in [5.41, 5.74) is 1.31. The van der Waals surface area contributed by atoms with Gasteiger partial charge in [-0.1, -0.05) is 60.7 Å². The van der Waals surface area contributed by atoms with Crippen LogP contribution in [-0.4, -0.2) is 20.3 Å². The molecule has 0 bridgehead atoms. The minimum Gasteiger partial charge on any atom is -0.411 e. The molecule has 0 aromatic heterocycles. The molecule has 3 rings (SSSR count). The van der Waals surface area contributed by atoms with Gasteiger partial charge in [0.2, 0.25) is 10.5 Å². The van der Waals surface area contributed by atoms with E-state index in [0.29, 0.717) is 0 Å². The first-order valence-corrected chi connectivity index (χ1v) is 8.78. The number of rotatable bonds is 7. The lowest BCUT2D eigenvalue weighted by Crippen LogP contribution is -2.17. The van der Waals surface area contributed by atoms with E-state index >= 15 is 0 Å². The third-order valence-corrected chi connectivity index (χ3v) is 4.73. The fraction of sp³-hybridized carbons (Fsp3) is 0.100. The normalized spacial score (nSPS) is 11.9. The molecule has 1 atom stereocenters. The van der Waals surface area contributed by atoms with Crippen LogP contribution in [0.25, 0.3) is 0 Å². The smallest absolute Gasteiger partial charge is 0.282 e. The predicted octanol–water partition coefficient (Wildman–Crippen LogP) is 4.48. The van der Waals surface area contributed by atoms with E-state index < -0.39 is 16.0 Å². The van der Waals surface area contributed by atoms with Crippen molar-refractivity contribution in [3.63, 3.8) is 0 Å². The lowest BCUT2D eigenvalue weighted by Gasteiger charge is -2.27. The van der Waals surface area contributed by atoms with Crippen LogP contribution in [-0.2, 0) is 4.43 Å². The molecule has 1 unspecified atom stereocenters. The average Bonchev–Trinajstić information content (AvgIpc) is 2.72. The molecule has 0 aliphatic rings. The van der Waals surface area contributed by atoms with E-state index in [2.05, 4.69) is 10.5 Å². The third-order valence-electron chi connectivity index (χ3n) is 4.48. The predicted molar refractivity (Wildman–Crippen MR) is 104 cm³/mol. The molecule has 3 radical (unpaired) electrons. The molecule has 0 N–H and O–H groups in total. The van der Waals surface area contributed by atoms with E-state index in [1.165, 1.54) is 12.1 Å². The Morgan fingerprint density at radius 2 is 1.32 bits per heavy atom. The van der Waals surface area contributed by atoms with Gasteiger partial charge >= 0.3 is 0 Å². The monoisotopic (exact) mass is 391 g/mol. The van der Waals surface area contributed by atoms with Gasteiger partial charge in [-0.15, -0.1) is 0 Å². The van der Waals surface area contributed by atoms with Crippen molar-refractivity contribution >= 4 is 21.9 Å². The summed E-state index contributed by atoms with van der Waals surface area (Å²) in [6.45, 7) is 0. The van der Waals surface area contributed by atoms with Crippen molar-refractivity contribution < 1.29 is 14.3 Å². The van der Waals surface area contributed by atoms with Crippen LogP contribution in [0.1, 0.15) is 28.7 Å². The van der Waals surface area contributed by atoms with Crippen LogP contribution in [0.5, 0.6) is 0 Å². The number of nitro benzene ring substituents is 2. The molecular weight excluding hydrogens is 376 g/mol. The van der Waals surface area contributed by atoms with Crippen LogP contribution in [0.3, 0.4) is 0 Å². The van der Waals surface area contributed by atoms with Gasteiger partial charge < -0.3 is 4.43 Å². The highest BCUT2D eigenvalue weighted by Gasteiger charge is 2.32. The Morgan fingerprint density at radius 1 is 0.786 bits per heavy atom. The highest BCUT2D eigenvalue weighted by atomic mass is 28.2. The van der Waals surface area contributed by atoms with Gasteiger partial charge in [0.1, 0.15) is 0 Å². The fourth-order valence-corrected chi connectivity index (χ4v) is 3.48. The van der Waals surface area contributed by atoms with Crippen molar-refractivity contribution in [3.8, 4) is 0 Å². The summed E-state index contributed by atoms with van der Waals surface area (Å²) in [6.07, 6.45) is -0.789. The maximum atomic E-state index is 11.6. The van der Waals surface area contributed by atoms with E-state index in [-0.39, 0.29) is 22.9 Å². The topological polar surface area (TPSA) is 95.5 Å². The van der Waals surface area contributed by atoms with Gasteiger partial charge in [0.05, 0.1) is 27.6 Å². The van der Waals surface area contributed by atoms with Gasteiger partial charge in [-0.3, -0.25) is 20.2 Å². The van der Waals surface area contributed by atoms with Crippen molar-refractivity contribution in [2.24, 2.45) is 0 Å². The van der Waals surface area contributed by atoms with Crippen LogP contribution in [0.4, 0.5) is 11.4 Å². The van der Waals surface area contributed by atoms with E-state index in [1.807, 2.05) is 60.7 Å². The highest BCUT2D eigenvalue weighted by molar-refractivity contribution is 5.98. The Kier molecular flexibility index (Phi) is 5.92. The van der Waals surface area contributed by atoms with Gasteiger partial charge in [-0.05, 0) is 17.2 Å². The number of non-ortho nitro benzene ring substituents is 1. The standard InChI is InChI=1S/C20H15N2O5Si/c23-21(24)16-11-12-17(18(13-16)22(25)26)20(27-28)19(14-7-3-1-4-8-14)15-9-5-2-6-10-15/h1-13,19-20H. The molecule has 8 heteroatoms. The van der Waals surface area contributed by atoms with E-state index in [4.69, 9.17) is 4.43 Å². The molecular formula is C20H15N2O5Si. The van der Waals surface area contributed by atoms with Gasteiger partial charge in [-0.25, -0.2) is 0 Å². The number of nitrogens with zero attached hydrogens (tertiary/aromatic N) is 2. The fourth-order valence-electron chi connectivity index (χ4n) is 3.22. The number of nitro groups is 2. The Morgan fingerprint density at radius 3 is 1.75 bits per heavy atom. The SMILES string of the molecule is O=[N+]([O-])c1ccc(C(O[Si])C(c2ccccc2)c2ccccc2)c([N+](=O)[O-])c1. The van der Waals surface area contributed by atoms with E-state index in [9.17, 15) is 20.2 Å². The maximum absolute atomic E-state index is 11.6. The molecule has 0 heterocycles. The summed E-state index contributed by atoms with van der Waals surface area (Å²) < 4.78 is 5.53. The minimum absolute atomic E-state index is 0.239. The van der Waals surface area contributed by atoms with Gasteiger partial charge in [0, 0.05) is 12.0 Å². The molecule has 7 nitrogen and oxygen atoms in total. The lowest BCUT2D eigenvalue weighted by molar-refractivity contribution is -0.394. The molecule has 0 saturated carbocycles. The van der Waals surface area contributed by atoms with Crippen molar-refractivity contribution in [2.75, 3.05) is 0 Å². The number of hydrogen-bond donors (Lipinski definition) is 0. The average molecular weight is 391 g/mol. The van der Waals surface area contributed by atoms with Gasteiger partial charge in [-0.2, -0.15) is 0 Å². The van der Waals surface area contributed by atoms with Crippen LogP contribution < -0.4 is 0 Å². The summed E-state index contributed by atoms with van der Waals surface area (Å²) >= 11 is 0.